The van der Waals surface area contributed by atoms with Crippen LogP contribution >= 0.6 is 0 Å². The summed E-state index contributed by atoms with van der Waals surface area (Å²) in [5.74, 6) is 0. The number of hydrogen-bond acceptors (Lipinski definition) is 3. The highest BCUT2D eigenvalue weighted by molar-refractivity contribution is 4.93. The summed E-state index contributed by atoms with van der Waals surface area (Å²) in [6.07, 6.45) is -5.95. The van der Waals surface area contributed by atoms with Crippen molar-refractivity contribution in [3.05, 3.63) is 0 Å². The van der Waals surface area contributed by atoms with Gasteiger partial charge in [0.1, 0.15) is 0 Å². The average Bonchev–Trinajstić information content (AvgIpc) is 2.03. The first-order valence-electron chi connectivity index (χ1n) is 4.05. The summed E-state index contributed by atoms with van der Waals surface area (Å²) in [6.45, 7) is 0.0841. The number of halogens is 3. The van der Waals surface area contributed by atoms with E-state index in [4.69, 9.17) is 11.5 Å². The Labute approximate surface area is 74.2 Å². The second kappa shape index (κ2) is 3.43. The first-order valence-corrected chi connectivity index (χ1v) is 4.05. The van der Waals surface area contributed by atoms with Crippen LogP contribution in [0.2, 0.25) is 0 Å². The van der Waals surface area contributed by atoms with Crippen molar-refractivity contribution in [2.24, 2.45) is 11.5 Å². The highest BCUT2D eigenvalue weighted by Gasteiger charge is 2.47. The molecule has 0 aromatic rings. The van der Waals surface area contributed by atoms with Gasteiger partial charge >= 0.3 is 6.18 Å². The molecule has 1 heterocycles. The van der Waals surface area contributed by atoms with E-state index in [2.05, 4.69) is 4.74 Å². The van der Waals surface area contributed by atoms with E-state index in [-0.39, 0.29) is 19.6 Å². The molecule has 2 atom stereocenters. The molecule has 13 heavy (non-hydrogen) atoms. The average molecular weight is 198 g/mol. The predicted octanol–water partition coefficient (Wildman–Crippen LogP) is 0.384. The molecule has 1 saturated heterocycles. The van der Waals surface area contributed by atoms with Crippen molar-refractivity contribution in [1.29, 1.82) is 0 Å². The van der Waals surface area contributed by atoms with E-state index < -0.39 is 17.8 Å². The van der Waals surface area contributed by atoms with Crippen LogP contribution in [0.15, 0.2) is 0 Å². The molecule has 3 nitrogen and oxygen atoms in total. The normalized spacial score (nSPS) is 36.2. The summed E-state index contributed by atoms with van der Waals surface area (Å²) < 4.78 is 41.2. The molecule has 0 amide bonds. The molecule has 78 valence electrons. The van der Waals surface area contributed by atoms with Crippen LogP contribution in [0.3, 0.4) is 0 Å². The molecule has 1 fully saturated rings. The first kappa shape index (κ1) is 10.7. The Morgan fingerprint density at radius 3 is 2.54 bits per heavy atom. The van der Waals surface area contributed by atoms with Crippen LogP contribution in [0.1, 0.15) is 12.8 Å². The number of ether oxygens (including phenoxy) is 1. The van der Waals surface area contributed by atoms with E-state index in [9.17, 15) is 13.2 Å². The molecule has 4 N–H and O–H groups in total. The van der Waals surface area contributed by atoms with Crippen LogP contribution in [-0.4, -0.2) is 31.0 Å². The van der Waals surface area contributed by atoms with E-state index in [0.717, 1.165) is 0 Å². The lowest BCUT2D eigenvalue weighted by molar-refractivity contribution is -0.236. The molecule has 0 radical (unpaired) electrons. The van der Waals surface area contributed by atoms with Crippen molar-refractivity contribution in [1.82, 2.24) is 0 Å². The summed E-state index contributed by atoms with van der Waals surface area (Å²) in [5.41, 5.74) is 10.0. The maximum atomic E-state index is 12.2. The van der Waals surface area contributed by atoms with Gasteiger partial charge in [0.2, 0.25) is 0 Å². The van der Waals surface area contributed by atoms with Crippen molar-refractivity contribution in [2.45, 2.75) is 30.7 Å². The minimum Gasteiger partial charge on any atom is -0.369 e. The third-order valence-electron chi connectivity index (χ3n) is 2.28. The Morgan fingerprint density at radius 2 is 2.08 bits per heavy atom. The largest absolute Gasteiger partial charge is 0.414 e. The Bertz CT molecular complexity index is 185. The zero-order valence-electron chi connectivity index (χ0n) is 7.10. The fourth-order valence-electron chi connectivity index (χ4n) is 1.33. The van der Waals surface area contributed by atoms with Gasteiger partial charge in [0.25, 0.3) is 0 Å². The lowest BCUT2D eigenvalue weighted by Gasteiger charge is -2.37. The summed E-state index contributed by atoms with van der Waals surface area (Å²) in [6, 6.07) is 0. The van der Waals surface area contributed by atoms with Gasteiger partial charge in [-0.1, -0.05) is 0 Å². The zero-order chi connectivity index (χ0) is 10.1. The van der Waals surface area contributed by atoms with Crippen molar-refractivity contribution in [2.75, 3.05) is 13.2 Å². The van der Waals surface area contributed by atoms with Gasteiger partial charge in [-0.2, -0.15) is 13.2 Å². The SMILES string of the molecule is NCC1(N)CCOC(C(F)(F)F)C1. The Kier molecular flexibility index (Phi) is 2.84. The highest BCUT2D eigenvalue weighted by Crippen LogP contribution is 2.32. The molecule has 0 aromatic heterocycles. The number of nitrogens with two attached hydrogens (primary N) is 2. The van der Waals surface area contributed by atoms with Crippen LogP contribution < -0.4 is 11.5 Å². The van der Waals surface area contributed by atoms with Gasteiger partial charge in [-0.25, -0.2) is 0 Å². The van der Waals surface area contributed by atoms with Crippen LogP contribution in [-0.2, 0) is 4.74 Å². The van der Waals surface area contributed by atoms with Gasteiger partial charge in [-0.3, -0.25) is 0 Å². The quantitative estimate of drug-likeness (QED) is 0.640. The van der Waals surface area contributed by atoms with Gasteiger partial charge < -0.3 is 16.2 Å². The molecular weight excluding hydrogens is 185 g/mol. The van der Waals surface area contributed by atoms with E-state index in [1.165, 1.54) is 0 Å². The number of rotatable bonds is 1. The van der Waals surface area contributed by atoms with Crippen molar-refractivity contribution >= 4 is 0 Å². The monoisotopic (exact) mass is 198 g/mol. The fourth-order valence-corrected chi connectivity index (χ4v) is 1.33. The van der Waals surface area contributed by atoms with Crippen LogP contribution in [0.4, 0.5) is 13.2 Å². The van der Waals surface area contributed by atoms with E-state index in [0.29, 0.717) is 6.42 Å². The maximum absolute atomic E-state index is 12.2. The third kappa shape index (κ3) is 2.55. The molecule has 0 spiro atoms. The molecule has 1 aliphatic heterocycles. The molecule has 2 unspecified atom stereocenters. The molecule has 0 aromatic carbocycles. The molecular formula is C7H13F3N2O. The second-order valence-corrected chi connectivity index (χ2v) is 3.42. The number of hydrogen-bond donors (Lipinski definition) is 2. The molecule has 1 aliphatic rings. The molecule has 1 rings (SSSR count). The lowest BCUT2D eigenvalue weighted by Crippen LogP contribution is -2.56. The maximum Gasteiger partial charge on any atom is 0.414 e. The topological polar surface area (TPSA) is 61.3 Å². The fraction of sp³-hybridized carbons (Fsp3) is 1.00. The summed E-state index contributed by atoms with van der Waals surface area (Å²) in [5, 5.41) is 0. The molecule has 0 bridgehead atoms. The third-order valence-corrected chi connectivity index (χ3v) is 2.28. The molecule has 0 aliphatic carbocycles. The van der Waals surface area contributed by atoms with Crippen molar-refractivity contribution in [3.63, 3.8) is 0 Å². The first-order chi connectivity index (χ1) is 5.87. The predicted molar refractivity (Wildman–Crippen MR) is 41.0 cm³/mol. The molecule has 0 saturated carbocycles. The zero-order valence-corrected chi connectivity index (χ0v) is 7.10. The van der Waals surface area contributed by atoms with Crippen LogP contribution in [0, 0.1) is 0 Å². The van der Waals surface area contributed by atoms with E-state index in [1.807, 2.05) is 0 Å². The van der Waals surface area contributed by atoms with Gasteiger partial charge in [0, 0.05) is 25.1 Å². The summed E-state index contributed by atoms with van der Waals surface area (Å²) in [4.78, 5) is 0. The number of alkyl halides is 3. The lowest BCUT2D eigenvalue weighted by atomic mass is 9.87. The van der Waals surface area contributed by atoms with Gasteiger partial charge in [-0.05, 0) is 6.42 Å². The second-order valence-electron chi connectivity index (χ2n) is 3.42. The van der Waals surface area contributed by atoms with Gasteiger partial charge in [0.05, 0.1) is 0 Å². The van der Waals surface area contributed by atoms with Gasteiger partial charge in [0.15, 0.2) is 6.10 Å². The smallest absolute Gasteiger partial charge is 0.369 e. The highest BCUT2D eigenvalue weighted by atomic mass is 19.4. The minimum atomic E-state index is -4.33. The Morgan fingerprint density at radius 1 is 1.46 bits per heavy atom. The Balaban J connectivity index is 2.62. The standard InChI is InChI=1S/C7H13F3N2O/c8-7(9,10)5-3-6(12,4-11)1-2-13-5/h5H,1-4,11-12H2. The van der Waals surface area contributed by atoms with E-state index in [1.54, 1.807) is 0 Å². The summed E-state index contributed by atoms with van der Waals surface area (Å²) >= 11 is 0. The Hall–Kier alpha value is -0.330. The summed E-state index contributed by atoms with van der Waals surface area (Å²) in [7, 11) is 0. The van der Waals surface area contributed by atoms with Gasteiger partial charge in [-0.15, -0.1) is 0 Å². The van der Waals surface area contributed by atoms with Crippen molar-refractivity contribution < 1.29 is 17.9 Å². The van der Waals surface area contributed by atoms with Crippen LogP contribution in [0.5, 0.6) is 0 Å². The van der Waals surface area contributed by atoms with Crippen molar-refractivity contribution in [3.8, 4) is 0 Å². The van der Waals surface area contributed by atoms with Crippen LogP contribution in [0.25, 0.3) is 0 Å². The van der Waals surface area contributed by atoms with E-state index >= 15 is 0 Å². The molecule has 6 heteroatoms. The minimum absolute atomic E-state index is 0.0257.